The van der Waals surface area contributed by atoms with Gasteiger partial charge < -0.3 is 15.5 Å². The van der Waals surface area contributed by atoms with Crippen LogP contribution < -0.4 is 21.5 Å². The maximum atomic E-state index is 13.9. The van der Waals surface area contributed by atoms with Crippen LogP contribution in [0.3, 0.4) is 0 Å². The fraction of sp³-hybridized carbons (Fsp3) is 0.522. The molecule has 35 heavy (non-hydrogen) atoms. The minimum atomic E-state index is -4.52. The number of aromatic nitrogens is 2. The van der Waals surface area contributed by atoms with Crippen molar-refractivity contribution in [2.45, 2.75) is 50.9 Å². The number of fused-ring (bicyclic) bond motifs is 1. The van der Waals surface area contributed by atoms with Gasteiger partial charge in [-0.05, 0) is 56.3 Å². The van der Waals surface area contributed by atoms with E-state index in [0.29, 0.717) is 12.5 Å². The van der Waals surface area contributed by atoms with Crippen molar-refractivity contribution in [3.63, 3.8) is 0 Å². The highest BCUT2D eigenvalue weighted by Crippen LogP contribution is 2.43. The van der Waals surface area contributed by atoms with Crippen LogP contribution >= 0.6 is 12.2 Å². The van der Waals surface area contributed by atoms with Gasteiger partial charge in [-0.15, -0.1) is 0 Å². The average molecular weight is 512 g/mol. The number of hydrogen-bond donors (Lipinski definition) is 4. The van der Waals surface area contributed by atoms with Gasteiger partial charge in [0.25, 0.3) is 5.91 Å². The molecule has 2 heterocycles. The van der Waals surface area contributed by atoms with Crippen molar-refractivity contribution in [1.29, 1.82) is 0 Å². The molecule has 8 nitrogen and oxygen atoms in total. The second-order valence-corrected chi connectivity index (χ2v) is 9.57. The molecule has 0 saturated carbocycles. The highest BCUT2D eigenvalue weighted by molar-refractivity contribution is 7.80. The molecule has 0 saturated heterocycles. The topological polar surface area (TPSA) is 86.2 Å². The summed E-state index contributed by atoms with van der Waals surface area (Å²) in [5.41, 5.74) is 6.64. The molecular weight excluding hydrogens is 479 g/mol. The molecule has 0 unspecified atom stereocenters. The lowest BCUT2D eigenvalue weighted by atomic mass is 9.94. The van der Waals surface area contributed by atoms with Gasteiger partial charge in [0, 0.05) is 19.0 Å². The normalized spacial score (nSPS) is 17.6. The Kier molecular flexibility index (Phi) is 8.60. The van der Waals surface area contributed by atoms with Crippen LogP contribution in [0.1, 0.15) is 66.3 Å². The van der Waals surface area contributed by atoms with E-state index >= 15 is 0 Å². The van der Waals surface area contributed by atoms with Gasteiger partial charge in [-0.3, -0.25) is 15.6 Å². The molecule has 1 aromatic heterocycles. The number of carbonyl (C=O) groups excluding carboxylic acids is 1. The Balaban J connectivity index is 1.69. The number of nitrogens with zero attached hydrogens (tertiary/aromatic N) is 3. The Hall–Kier alpha value is -2.86. The number of alkyl halides is 3. The van der Waals surface area contributed by atoms with Crippen LogP contribution in [0.25, 0.3) is 0 Å². The third kappa shape index (κ3) is 7.07. The summed E-state index contributed by atoms with van der Waals surface area (Å²) in [6.45, 7) is 5.59. The number of anilines is 1. The molecule has 12 heteroatoms. The first-order valence-electron chi connectivity index (χ1n) is 11.5. The third-order valence-corrected chi connectivity index (χ3v) is 6.03. The summed E-state index contributed by atoms with van der Waals surface area (Å²) in [7, 11) is 3.92. The lowest BCUT2D eigenvalue weighted by molar-refractivity contribution is -0.173. The lowest BCUT2D eigenvalue weighted by Gasteiger charge is -2.33. The molecule has 0 bridgehead atoms. The first-order chi connectivity index (χ1) is 16.5. The highest BCUT2D eigenvalue weighted by atomic mass is 32.1. The highest BCUT2D eigenvalue weighted by Gasteiger charge is 2.46. The minimum Gasteiger partial charge on any atom is -0.363 e. The number of nitrogens with one attached hydrogen (secondary N) is 4. The summed E-state index contributed by atoms with van der Waals surface area (Å²) >= 11 is 5.11. The van der Waals surface area contributed by atoms with E-state index in [4.69, 9.17) is 12.2 Å². The zero-order valence-corrected chi connectivity index (χ0v) is 21.1. The fourth-order valence-corrected chi connectivity index (χ4v) is 3.99. The third-order valence-electron chi connectivity index (χ3n) is 5.79. The van der Waals surface area contributed by atoms with Crippen LogP contribution in [-0.2, 0) is 0 Å². The van der Waals surface area contributed by atoms with Gasteiger partial charge in [-0.1, -0.05) is 38.1 Å². The number of halogens is 3. The Bertz CT molecular complexity index is 1020. The Morgan fingerprint density at radius 3 is 2.54 bits per heavy atom. The molecule has 0 aliphatic carbocycles. The van der Waals surface area contributed by atoms with Crippen LogP contribution in [0.5, 0.6) is 0 Å². The molecule has 1 aliphatic rings. The quantitative estimate of drug-likeness (QED) is 0.256. The molecular formula is C23H32F3N7OS. The van der Waals surface area contributed by atoms with Crippen molar-refractivity contribution >= 4 is 29.1 Å². The van der Waals surface area contributed by atoms with Crippen molar-refractivity contribution in [3.8, 4) is 0 Å². The largest absolute Gasteiger partial charge is 0.410 e. The van der Waals surface area contributed by atoms with Crippen LogP contribution in [-0.4, -0.2) is 59.1 Å². The van der Waals surface area contributed by atoms with Gasteiger partial charge >= 0.3 is 6.18 Å². The number of hydrogen-bond acceptors (Lipinski definition) is 5. The second-order valence-electron chi connectivity index (χ2n) is 9.16. The van der Waals surface area contributed by atoms with Crippen molar-refractivity contribution < 1.29 is 18.0 Å². The first kappa shape index (κ1) is 26.7. The predicted octanol–water partition coefficient (Wildman–Crippen LogP) is 3.73. The Morgan fingerprint density at radius 1 is 1.26 bits per heavy atom. The molecule has 3 rings (SSSR count). The molecule has 192 valence electrons. The smallest absolute Gasteiger partial charge is 0.363 e. The maximum Gasteiger partial charge on any atom is 0.410 e. The van der Waals surface area contributed by atoms with E-state index in [9.17, 15) is 18.0 Å². The number of thiocarbonyl (C=S) groups is 1. The summed E-state index contributed by atoms with van der Waals surface area (Å²) in [5, 5.41) is 10.2. The van der Waals surface area contributed by atoms with Gasteiger partial charge in [-0.25, -0.2) is 4.68 Å². The van der Waals surface area contributed by atoms with E-state index in [1.807, 2.05) is 43.3 Å². The maximum absolute atomic E-state index is 13.9. The minimum absolute atomic E-state index is 0.131. The summed E-state index contributed by atoms with van der Waals surface area (Å²) in [6, 6.07) is 6.43. The molecule has 2 aromatic rings. The van der Waals surface area contributed by atoms with E-state index in [1.54, 1.807) is 0 Å². The lowest BCUT2D eigenvalue weighted by Crippen LogP contribution is -2.47. The monoisotopic (exact) mass is 511 g/mol. The SMILES string of the molecule is CC(C)c1ccc([C@H]2C[C@@H](C(F)(F)F)n3nc(C(=O)NNC(=S)NCCCN(C)C)cc3N2)cc1. The van der Waals surface area contributed by atoms with Gasteiger partial charge in [-0.2, -0.15) is 18.3 Å². The predicted molar refractivity (Wildman–Crippen MR) is 133 cm³/mol. The molecule has 1 amide bonds. The Morgan fingerprint density at radius 2 is 1.94 bits per heavy atom. The second kappa shape index (κ2) is 11.3. The van der Waals surface area contributed by atoms with E-state index in [2.05, 4.69) is 40.4 Å². The summed E-state index contributed by atoms with van der Waals surface area (Å²) in [4.78, 5) is 14.6. The number of carbonyl (C=O) groups is 1. The summed E-state index contributed by atoms with van der Waals surface area (Å²) in [5.74, 6) is -0.237. The molecule has 0 fully saturated rings. The van der Waals surface area contributed by atoms with Gasteiger partial charge in [0.05, 0.1) is 6.04 Å². The standard InChI is InChI=1S/C23H32F3N7OS/c1-14(2)15-6-8-16(9-7-15)17-12-19(23(24,25)26)33-20(28-17)13-18(31-33)21(34)29-30-22(35)27-10-5-11-32(3)4/h6-9,13-14,17,19,28H,5,10-12H2,1-4H3,(H,29,34)(H2,27,30,35)/t17-,19+/m1/s1. The molecule has 1 aliphatic heterocycles. The zero-order chi connectivity index (χ0) is 25.8. The van der Waals surface area contributed by atoms with Crippen molar-refractivity contribution in [2.24, 2.45) is 0 Å². The molecule has 4 N–H and O–H groups in total. The van der Waals surface area contributed by atoms with Crippen molar-refractivity contribution in [2.75, 3.05) is 32.5 Å². The first-order valence-corrected chi connectivity index (χ1v) is 11.9. The van der Waals surface area contributed by atoms with Crippen LogP contribution in [0.2, 0.25) is 0 Å². The zero-order valence-electron chi connectivity index (χ0n) is 20.2. The van der Waals surface area contributed by atoms with Gasteiger partial charge in [0.1, 0.15) is 5.82 Å². The van der Waals surface area contributed by atoms with Crippen molar-refractivity contribution in [1.82, 2.24) is 30.8 Å². The van der Waals surface area contributed by atoms with Crippen LogP contribution in [0.15, 0.2) is 30.3 Å². The Labute approximate surface area is 208 Å². The molecule has 1 aromatic carbocycles. The number of rotatable bonds is 7. The van der Waals surface area contributed by atoms with E-state index in [-0.39, 0.29) is 23.0 Å². The van der Waals surface area contributed by atoms with Crippen molar-refractivity contribution in [3.05, 3.63) is 47.2 Å². The molecule has 0 radical (unpaired) electrons. The van der Waals surface area contributed by atoms with E-state index < -0.39 is 24.2 Å². The van der Waals surface area contributed by atoms with Crippen LogP contribution in [0.4, 0.5) is 19.0 Å². The number of amides is 1. The fourth-order valence-electron chi connectivity index (χ4n) is 3.84. The molecule has 2 atom stereocenters. The van der Waals surface area contributed by atoms with E-state index in [0.717, 1.165) is 28.8 Å². The summed E-state index contributed by atoms with van der Waals surface area (Å²) < 4.78 is 42.6. The van der Waals surface area contributed by atoms with E-state index in [1.165, 1.54) is 6.07 Å². The number of hydrazine groups is 1. The molecule has 0 spiro atoms. The van der Waals surface area contributed by atoms with Gasteiger partial charge in [0.2, 0.25) is 0 Å². The van der Waals surface area contributed by atoms with Gasteiger partial charge in [0.15, 0.2) is 16.8 Å². The number of benzene rings is 1. The van der Waals surface area contributed by atoms with Crippen LogP contribution in [0, 0.1) is 0 Å². The summed E-state index contributed by atoms with van der Waals surface area (Å²) in [6.07, 6.45) is -3.91. The average Bonchev–Trinajstić information content (AvgIpc) is 3.23.